The van der Waals surface area contributed by atoms with Gasteiger partial charge in [0.15, 0.2) is 0 Å². The minimum Gasteiger partial charge on any atom is -0.444 e. The molecule has 2 aromatic carbocycles. The van der Waals surface area contributed by atoms with Crippen molar-refractivity contribution in [2.75, 3.05) is 41.3 Å². The molecule has 2 unspecified atom stereocenters. The van der Waals surface area contributed by atoms with Crippen molar-refractivity contribution < 1.29 is 47.9 Å². The number of carbonyl (C=O) groups excluding carboxylic acids is 9. The van der Waals surface area contributed by atoms with Crippen molar-refractivity contribution >= 4 is 65.5 Å². The second-order valence-corrected chi connectivity index (χ2v) is 14.8. The molecule has 0 bridgehead atoms. The zero-order valence-corrected chi connectivity index (χ0v) is 36.6. The Morgan fingerprint density at radius 3 is 1.35 bits per heavy atom. The summed E-state index contributed by atoms with van der Waals surface area (Å²) >= 11 is 0. The Kier molecular flexibility index (Phi) is 24.3. The summed E-state index contributed by atoms with van der Waals surface area (Å²) in [5, 5.41) is 12.0. The maximum atomic E-state index is 12.5. The van der Waals surface area contributed by atoms with Gasteiger partial charge >= 0.3 is 6.09 Å². The quantitative estimate of drug-likeness (QED) is 0.110. The minimum absolute atomic E-state index is 0. The zero-order valence-electron chi connectivity index (χ0n) is 35.8. The SMILES string of the molecule is CCCC(N)C(=O)C(=O)NCC(=O)N[C@H](C(=O)N(C)C)c1ccccc1.CCCC(NC(=O)OC(C)(C)C)C(=O)C(=O)NCC(=O)N[C@H](C(=O)N(C)C)c1ccccc1.Cl. The van der Waals surface area contributed by atoms with Crippen molar-refractivity contribution in [3.63, 3.8) is 0 Å². The summed E-state index contributed by atoms with van der Waals surface area (Å²) in [6, 6.07) is 13.6. The third-order valence-electron chi connectivity index (χ3n) is 8.04. The van der Waals surface area contributed by atoms with Crippen LogP contribution in [0.15, 0.2) is 60.7 Å². The third-order valence-corrected chi connectivity index (χ3v) is 8.04. The van der Waals surface area contributed by atoms with E-state index in [1.165, 1.54) is 9.80 Å². The van der Waals surface area contributed by atoms with E-state index in [0.717, 1.165) is 0 Å². The first kappa shape index (κ1) is 54.1. The summed E-state index contributed by atoms with van der Waals surface area (Å²) in [5.74, 6) is -5.46. The Labute approximate surface area is 357 Å². The minimum atomic E-state index is -1.08. The summed E-state index contributed by atoms with van der Waals surface area (Å²) in [7, 11) is 6.30. The van der Waals surface area contributed by atoms with Crippen molar-refractivity contribution in [3.8, 4) is 0 Å². The molecule has 0 radical (unpaired) electrons. The first-order valence-corrected chi connectivity index (χ1v) is 19.1. The first-order chi connectivity index (χ1) is 27.6. The highest BCUT2D eigenvalue weighted by atomic mass is 35.5. The Morgan fingerprint density at radius 1 is 0.617 bits per heavy atom. The van der Waals surface area contributed by atoms with Crippen LogP contribution >= 0.6 is 12.4 Å². The Morgan fingerprint density at radius 2 is 1.00 bits per heavy atom. The van der Waals surface area contributed by atoms with Crippen molar-refractivity contribution in [1.82, 2.24) is 36.4 Å². The van der Waals surface area contributed by atoms with Gasteiger partial charge in [-0.2, -0.15) is 0 Å². The number of ketones is 2. The van der Waals surface area contributed by atoms with E-state index in [1.54, 1.807) is 117 Å². The molecule has 0 fully saturated rings. The molecule has 0 saturated heterocycles. The molecule has 0 saturated carbocycles. The molecule has 0 aliphatic heterocycles. The fourth-order valence-electron chi connectivity index (χ4n) is 5.08. The number of Topliss-reactive ketones (excluding diaryl/α,β-unsaturated/α-hetero) is 2. The van der Waals surface area contributed by atoms with Gasteiger partial charge in [0.2, 0.25) is 35.2 Å². The molecule has 2 aromatic rings. The van der Waals surface area contributed by atoms with Crippen molar-refractivity contribution in [1.29, 1.82) is 0 Å². The van der Waals surface area contributed by atoms with Gasteiger partial charge in [-0.15, -0.1) is 12.4 Å². The van der Waals surface area contributed by atoms with E-state index in [1.807, 2.05) is 6.92 Å². The van der Waals surface area contributed by atoms with Crippen molar-refractivity contribution in [2.24, 2.45) is 5.73 Å². The molecule has 7 amide bonds. The number of nitrogens with one attached hydrogen (secondary N) is 5. The molecule has 4 atom stereocenters. The largest absolute Gasteiger partial charge is 0.444 e. The molecule has 19 heteroatoms. The monoisotopic (exact) mass is 860 g/mol. The number of hydrogen-bond donors (Lipinski definition) is 6. The lowest BCUT2D eigenvalue weighted by Gasteiger charge is -2.23. The molecule has 0 heterocycles. The Hall–Kier alpha value is -5.88. The topological polar surface area (TPSA) is 256 Å². The van der Waals surface area contributed by atoms with Gasteiger partial charge in [-0.1, -0.05) is 87.4 Å². The van der Waals surface area contributed by atoms with E-state index in [9.17, 15) is 43.2 Å². The molecule has 332 valence electrons. The van der Waals surface area contributed by atoms with E-state index < -0.39 is 84.1 Å². The number of ether oxygens (including phenoxy) is 1. The van der Waals surface area contributed by atoms with E-state index in [4.69, 9.17) is 10.5 Å². The van der Waals surface area contributed by atoms with Crippen LogP contribution in [0.2, 0.25) is 0 Å². The maximum absolute atomic E-state index is 12.5. The highest BCUT2D eigenvalue weighted by molar-refractivity contribution is 6.39. The standard InChI is InChI=1S/C23H34N4O6.C18H26N4O4.ClH/c1-7-11-16(25-22(32)33-23(2,3)4)19(29)20(30)24-14-17(28)26-18(21(31)27(5)6)15-12-9-8-10-13-15;1-4-8-13(19)16(24)17(25)20-11-14(23)21-15(18(26)22(2)3)12-9-6-5-7-10-12;/h8-10,12-13,16,18H,7,11,14H2,1-6H3,(H,24,30)(H,25,32)(H,26,28);5-7,9-10,13,15H,4,8,11,19H2,1-3H3,(H,20,25)(H,21,23);1H/t16?,18-;13?,15-;/m00./s1. The second kappa shape index (κ2) is 27.0. The average molecular weight is 861 g/mol. The number of halogens is 1. The van der Waals surface area contributed by atoms with Gasteiger partial charge < -0.3 is 46.9 Å². The molecule has 18 nitrogen and oxygen atoms in total. The number of rotatable bonds is 19. The van der Waals surface area contributed by atoms with Gasteiger partial charge in [-0.05, 0) is 44.7 Å². The maximum Gasteiger partial charge on any atom is 0.408 e. The third kappa shape index (κ3) is 19.7. The van der Waals surface area contributed by atoms with Gasteiger partial charge in [-0.3, -0.25) is 38.4 Å². The highest BCUT2D eigenvalue weighted by Gasteiger charge is 2.30. The first-order valence-electron chi connectivity index (χ1n) is 19.1. The molecule has 0 aliphatic carbocycles. The van der Waals surface area contributed by atoms with Crippen LogP contribution in [0, 0.1) is 0 Å². The van der Waals surface area contributed by atoms with Crippen LogP contribution in [0.5, 0.6) is 0 Å². The van der Waals surface area contributed by atoms with Gasteiger partial charge in [0, 0.05) is 28.2 Å². The van der Waals surface area contributed by atoms with E-state index in [-0.39, 0.29) is 30.6 Å². The smallest absolute Gasteiger partial charge is 0.408 e. The predicted molar refractivity (Wildman–Crippen MR) is 226 cm³/mol. The Bertz CT molecular complexity index is 1750. The predicted octanol–water partition coefficient (Wildman–Crippen LogP) is 1.48. The van der Waals surface area contributed by atoms with Gasteiger partial charge in [0.25, 0.3) is 11.8 Å². The number of hydrogen-bond acceptors (Lipinski definition) is 11. The fourth-order valence-corrected chi connectivity index (χ4v) is 5.08. The van der Waals surface area contributed by atoms with E-state index in [2.05, 4.69) is 26.6 Å². The normalized spacial score (nSPS) is 12.4. The number of nitrogens with two attached hydrogens (primary N) is 1. The van der Waals surface area contributed by atoms with Crippen molar-refractivity contribution in [3.05, 3.63) is 71.8 Å². The lowest BCUT2D eigenvalue weighted by Crippen LogP contribution is -2.50. The number of amides is 7. The Balaban J connectivity index is 0.00000117. The fraction of sp³-hybridized carbons (Fsp3) is 0.488. The molecule has 0 aromatic heterocycles. The van der Waals surface area contributed by atoms with Crippen LogP contribution in [0.1, 0.15) is 83.5 Å². The van der Waals surface area contributed by atoms with E-state index in [0.29, 0.717) is 30.4 Å². The summed E-state index contributed by atoms with van der Waals surface area (Å²) in [6.07, 6.45) is 1.02. The number of alkyl carbamates (subject to hydrolysis) is 1. The lowest BCUT2D eigenvalue weighted by atomic mass is 10.1. The molecule has 60 heavy (non-hydrogen) atoms. The average Bonchev–Trinajstić information content (AvgIpc) is 3.19. The molecular formula is C41H61ClN8O10. The number of benzene rings is 2. The summed E-state index contributed by atoms with van der Waals surface area (Å²) in [4.78, 5) is 112. The van der Waals surface area contributed by atoms with Gasteiger partial charge in [-0.25, -0.2) is 4.79 Å². The van der Waals surface area contributed by atoms with Crippen LogP contribution in [0.25, 0.3) is 0 Å². The number of nitrogens with zero attached hydrogens (tertiary/aromatic N) is 2. The summed E-state index contributed by atoms with van der Waals surface area (Å²) in [6.45, 7) is 7.75. The van der Waals surface area contributed by atoms with Crippen LogP contribution in [-0.4, -0.2) is 122 Å². The van der Waals surface area contributed by atoms with Crippen molar-refractivity contribution in [2.45, 2.75) is 90.1 Å². The molecule has 7 N–H and O–H groups in total. The molecule has 0 aliphatic rings. The number of likely N-dealkylation sites (N-methyl/N-ethyl adjacent to an activating group) is 2. The summed E-state index contributed by atoms with van der Waals surface area (Å²) < 4.78 is 5.14. The molecule has 2 rings (SSSR count). The van der Waals surface area contributed by atoms with Crippen LogP contribution in [0.3, 0.4) is 0 Å². The van der Waals surface area contributed by atoms with Crippen LogP contribution < -0.4 is 32.3 Å². The van der Waals surface area contributed by atoms with Crippen LogP contribution in [-0.2, 0) is 43.1 Å². The van der Waals surface area contributed by atoms with Gasteiger partial charge in [0.1, 0.15) is 23.7 Å². The zero-order chi connectivity index (χ0) is 44.9. The molecular weight excluding hydrogens is 800 g/mol. The van der Waals surface area contributed by atoms with Crippen LogP contribution in [0.4, 0.5) is 4.79 Å². The number of carbonyl (C=O) groups is 9. The highest BCUT2D eigenvalue weighted by Crippen LogP contribution is 2.16. The second-order valence-electron chi connectivity index (χ2n) is 14.8. The molecule has 0 spiro atoms. The lowest BCUT2D eigenvalue weighted by molar-refractivity contribution is -0.140. The van der Waals surface area contributed by atoms with Gasteiger partial charge in [0.05, 0.1) is 19.1 Å². The van der Waals surface area contributed by atoms with E-state index >= 15 is 0 Å². The summed E-state index contributed by atoms with van der Waals surface area (Å²) in [5.41, 5.74) is 6.04.